The molecule has 1 aromatic rings. The summed E-state index contributed by atoms with van der Waals surface area (Å²) < 4.78 is 11.3. The second kappa shape index (κ2) is 6.11. The van der Waals surface area contributed by atoms with Gasteiger partial charge >= 0.3 is 0 Å². The van der Waals surface area contributed by atoms with E-state index < -0.39 is 0 Å². The van der Waals surface area contributed by atoms with Crippen LogP contribution in [0.3, 0.4) is 0 Å². The van der Waals surface area contributed by atoms with Crippen LogP contribution in [-0.4, -0.2) is 14.2 Å². The van der Waals surface area contributed by atoms with E-state index in [4.69, 9.17) is 15.2 Å². The minimum absolute atomic E-state index is 0. The van der Waals surface area contributed by atoms with E-state index in [1.807, 2.05) is 12.1 Å². The standard InChI is InChI=1S/C9H12BrNO2.ClH/c1-12-8-4-3-7(10)6(5-11)9(8)13-2;/h3-4H,5,11H2,1-2H3;1H. The van der Waals surface area contributed by atoms with Crippen LogP contribution in [0.25, 0.3) is 0 Å². The van der Waals surface area contributed by atoms with Crippen molar-refractivity contribution in [3.63, 3.8) is 0 Å². The third-order valence-electron chi connectivity index (χ3n) is 1.80. The van der Waals surface area contributed by atoms with E-state index in [9.17, 15) is 0 Å². The molecule has 0 spiro atoms. The first kappa shape index (κ1) is 13.5. The zero-order valence-corrected chi connectivity index (χ0v) is 10.4. The molecule has 0 heterocycles. The van der Waals surface area contributed by atoms with E-state index in [-0.39, 0.29) is 12.4 Å². The molecule has 80 valence electrons. The lowest BCUT2D eigenvalue weighted by molar-refractivity contribution is 0.351. The Hall–Kier alpha value is -0.450. The summed E-state index contributed by atoms with van der Waals surface area (Å²) in [5.41, 5.74) is 6.50. The summed E-state index contributed by atoms with van der Waals surface area (Å²) in [5, 5.41) is 0. The third-order valence-corrected chi connectivity index (χ3v) is 2.54. The number of benzene rings is 1. The molecule has 0 unspecified atom stereocenters. The molecule has 2 N–H and O–H groups in total. The van der Waals surface area contributed by atoms with E-state index in [0.717, 1.165) is 10.0 Å². The zero-order chi connectivity index (χ0) is 9.84. The van der Waals surface area contributed by atoms with Crippen LogP contribution in [0.1, 0.15) is 5.56 Å². The van der Waals surface area contributed by atoms with Gasteiger partial charge in [0.25, 0.3) is 0 Å². The van der Waals surface area contributed by atoms with Crippen LogP contribution in [0.15, 0.2) is 16.6 Å². The molecule has 1 rings (SSSR count). The third kappa shape index (κ3) is 2.53. The number of hydrogen-bond acceptors (Lipinski definition) is 3. The zero-order valence-electron chi connectivity index (χ0n) is 8.04. The number of ether oxygens (including phenoxy) is 2. The summed E-state index contributed by atoms with van der Waals surface area (Å²) in [6.45, 7) is 0.418. The Morgan fingerprint density at radius 1 is 1.29 bits per heavy atom. The summed E-state index contributed by atoms with van der Waals surface area (Å²) in [4.78, 5) is 0. The first-order valence-electron chi connectivity index (χ1n) is 3.84. The lowest BCUT2D eigenvalue weighted by Crippen LogP contribution is -2.02. The molecule has 0 bridgehead atoms. The largest absolute Gasteiger partial charge is 0.493 e. The van der Waals surface area contributed by atoms with E-state index in [0.29, 0.717) is 18.0 Å². The Labute approximate surface area is 98.1 Å². The Kier molecular flexibility index (Phi) is 5.92. The smallest absolute Gasteiger partial charge is 0.166 e. The van der Waals surface area contributed by atoms with Crippen molar-refractivity contribution >= 4 is 28.3 Å². The number of nitrogens with two attached hydrogens (primary N) is 1. The molecule has 0 aliphatic rings. The van der Waals surface area contributed by atoms with Gasteiger partial charge in [-0.25, -0.2) is 0 Å². The minimum Gasteiger partial charge on any atom is -0.493 e. The van der Waals surface area contributed by atoms with Crippen LogP contribution in [-0.2, 0) is 6.54 Å². The molecular formula is C9H13BrClNO2. The number of halogens is 2. The average Bonchev–Trinajstić information content (AvgIpc) is 2.17. The van der Waals surface area contributed by atoms with Gasteiger partial charge in [-0.15, -0.1) is 12.4 Å². The van der Waals surface area contributed by atoms with Gasteiger partial charge in [-0.2, -0.15) is 0 Å². The molecular weight excluding hydrogens is 269 g/mol. The molecule has 1 aromatic carbocycles. The van der Waals surface area contributed by atoms with Gasteiger partial charge in [-0.3, -0.25) is 0 Å². The van der Waals surface area contributed by atoms with Crippen molar-refractivity contribution in [1.82, 2.24) is 0 Å². The van der Waals surface area contributed by atoms with Gasteiger partial charge in [0.15, 0.2) is 11.5 Å². The fourth-order valence-electron chi connectivity index (χ4n) is 1.16. The van der Waals surface area contributed by atoms with Gasteiger partial charge in [0.1, 0.15) is 0 Å². The van der Waals surface area contributed by atoms with Crippen molar-refractivity contribution < 1.29 is 9.47 Å². The highest BCUT2D eigenvalue weighted by Gasteiger charge is 2.11. The highest BCUT2D eigenvalue weighted by molar-refractivity contribution is 9.10. The van der Waals surface area contributed by atoms with Gasteiger partial charge in [0.2, 0.25) is 0 Å². The van der Waals surface area contributed by atoms with Gasteiger partial charge in [-0.1, -0.05) is 15.9 Å². The first-order valence-corrected chi connectivity index (χ1v) is 4.63. The Morgan fingerprint density at radius 2 is 1.93 bits per heavy atom. The molecule has 0 aromatic heterocycles. The van der Waals surface area contributed by atoms with Crippen molar-refractivity contribution in [3.8, 4) is 11.5 Å². The number of hydrogen-bond donors (Lipinski definition) is 1. The van der Waals surface area contributed by atoms with Crippen molar-refractivity contribution in [3.05, 3.63) is 22.2 Å². The fourth-order valence-corrected chi connectivity index (χ4v) is 1.63. The Morgan fingerprint density at radius 3 is 2.36 bits per heavy atom. The van der Waals surface area contributed by atoms with Gasteiger partial charge in [-0.05, 0) is 12.1 Å². The highest BCUT2D eigenvalue weighted by Crippen LogP contribution is 2.35. The average molecular weight is 283 g/mol. The van der Waals surface area contributed by atoms with Crippen molar-refractivity contribution in [1.29, 1.82) is 0 Å². The van der Waals surface area contributed by atoms with E-state index in [1.54, 1.807) is 14.2 Å². The van der Waals surface area contributed by atoms with E-state index >= 15 is 0 Å². The lowest BCUT2D eigenvalue weighted by atomic mass is 10.2. The number of rotatable bonds is 3. The predicted molar refractivity (Wildman–Crippen MR) is 62.4 cm³/mol. The maximum Gasteiger partial charge on any atom is 0.166 e. The summed E-state index contributed by atoms with van der Waals surface area (Å²) in [5.74, 6) is 1.39. The maximum absolute atomic E-state index is 5.59. The molecule has 0 amide bonds. The normalized spacial score (nSPS) is 9.14. The SMILES string of the molecule is COc1ccc(Br)c(CN)c1OC.Cl. The van der Waals surface area contributed by atoms with Crippen LogP contribution in [0, 0.1) is 0 Å². The van der Waals surface area contributed by atoms with Crippen LogP contribution >= 0.6 is 28.3 Å². The van der Waals surface area contributed by atoms with E-state index in [2.05, 4.69) is 15.9 Å². The summed E-state index contributed by atoms with van der Waals surface area (Å²) in [6, 6.07) is 3.73. The maximum atomic E-state index is 5.59. The van der Waals surface area contributed by atoms with Crippen molar-refractivity contribution in [2.75, 3.05) is 14.2 Å². The second-order valence-corrected chi connectivity index (χ2v) is 3.32. The van der Waals surface area contributed by atoms with Gasteiger partial charge in [0.05, 0.1) is 14.2 Å². The number of methoxy groups -OCH3 is 2. The van der Waals surface area contributed by atoms with Crippen molar-refractivity contribution in [2.45, 2.75) is 6.54 Å². The van der Waals surface area contributed by atoms with Crippen LogP contribution in [0.4, 0.5) is 0 Å². The quantitative estimate of drug-likeness (QED) is 0.925. The fraction of sp³-hybridized carbons (Fsp3) is 0.333. The highest BCUT2D eigenvalue weighted by atomic mass is 79.9. The van der Waals surface area contributed by atoms with Gasteiger partial charge < -0.3 is 15.2 Å². The molecule has 0 aliphatic carbocycles. The molecule has 0 saturated heterocycles. The first-order chi connectivity index (χ1) is 6.24. The van der Waals surface area contributed by atoms with Crippen molar-refractivity contribution in [2.24, 2.45) is 5.73 Å². The molecule has 0 saturated carbocycles. The monoisotopic (exact) mass is 281 g/mol. The molecule has 0 radical (unpaired) electrons. The van der Waals surface area contributed by atoms with Crippen LogP contribution in [0.5, 0.6) is 11.5 Å². The molecule has 0 fully saturated rings. The minimum atomic E-state index is 0. The van der Waals surface area contributed by atoms with E-state index in [1.165, 1.54) is 0 Å². The Balaban J connectivity index is 0.00000169. The molecule has 5 heteroatoms. The second-order valence-electron chi connectivity index (χ2n) is 2.47. The van der Waals surface area contributed by atoms with Gasteiger partial charge in [0, 0.05) is 16.6 Å². The summed E-state index contributed by atoms with van der Waals surface area (Å²) in [6.07, 6.45) is 0. The van der Waals surface area contributed by atoms with Crippen LogP contribution < -0.4 is 15.2 Å². The summed E-state index contributed by atoms with van der Waals surface area (Å²) in [7, 11) is 3.20. The summed E-state index contributed by atoms with van der Waals surface area (Å²) >= 11 is 3.40. The predicted octanol–water partition coefficient (Wildman–Crippen LogP) is 2.35. The van der Waals surface area contributed by atoms with Crippen LogP contribution in [0.2, 0.25) is 0 Å². The molecule has 3 nitrogen and oxygen atoms in total. The Bertz CT molecular complexity index is 307. The molecule has 14 heavy (non-hydrogen) atoms. The lowest BCUT2D eigenvalue weighted by Gasteiger charge is -2.12. The topological polar surface area (TPSA) is 44.5 Å². The molecule has 0 aliphatic heterocycles. The molecule has 0 atom stereocenters.